The van der Waals surface area contributed by atoms with Crippen LogP contribution < -0.4 is 11.3 Å². The van der Waals surface area contributed by atoms with Gasteiger partial charge in [0.1, 0.15) is 5.82 Å². The number of hydrogen-bond donors (Lipinski definition) is 1. The van der Waals surface area contributed by atoms with Crippen molar-refractivity contribution in [1.82, 2.24) is 4.57 Å². The summed E-state index contributed by atoms with van der Waals surface area (Å²) in [4.78, 5) is 12.1. The van der Waals surface area contributed by atoms with Crippen LogP contribution in [0.3, 0.4) is 0 Å². The highest BCUT2D eigenvalue weighted by atomic mass is 79.9. The molecule has 0 spiro atoms. The molecule has 0 aliphatic rings. The summed E-state index contributed by atoms with van der Waals surface area (Å²) in [6.45, 7) is 3.97. The molecule has 0 aliphatic carbocycles. The zero-order valence-electron chi connectivity index (χ0n) is 10.7. The highest BCUT2D eigenvalue weighted by Crippen LogP contribution is 2.18. The van der Waals surface area contributed by atoms with E-state index in [0.717, 1.165) is 16.7 Å². The van der Waals surface area contributed by atoms with E-state index in [1.165, 1.54) is 16.7 Å². The topological polar surface area (TPSA) is 48.0 Å². The number of rotatable bonds is 2. The number of aromatic nitrogens is 1. The molecule has 2 aromatic rings. The first-order valence-corrected chi connectivity index (χ1v) is 6.59. The number of pyridine rings is 1. The van der Waals surface area contributed by atoms with Gasteiger partial charge in [0.05, 0.1) is 16.7 Å². The van der Waals surface area contributed by atoms with Crippen LogP contribution in [0.1, 0.15) is 16.7 Å². The molecule has 0 saturated heterocycles. The number of aryl methyl sites for hydroxylation is 1. The maximum atomic E-state index is 13.1. The van der Waals surface area contributed by atoms with Crippen molar-refractivity contribution in [3.8, 4) is 0 Å². The van der Waals surface area contributed by atoms with Crippen LogP contribution in [0.5, 0.6) is 0 Å². The lowest BCUT2D eigenvalue weighted by molar-refractivity contribution is 0.624. The molecule has 5 heteroatoms. The Morgan fingerprint density at radius 1 is 1.37 bits per heavy atom. The fourth-order valence-electron chi connectivity index (χ4n) is 1.87. The molecule has 0 unspecified atom stereocenters. The molecular formula is C14H14BrFN2O. The van der Waals surface area contributed by atoms with E-state index in [-0.39, 0.29) is 11.4 Å². The molecule has 100 valence electrons. The molecule has 3 nitrogen and oxygen atoms in total. The minimum absolute atomic E-state index is 0.143. The lowest BCUT2D eigenvalue weighted by Gasteiger charge is -2.12. The van der Waals surface area contributed by atoms with Gasteiger partial charge < -0.3 is 10.3 Å². The summed E-state index contributed by atoms with van der Waals surface area (Å²) in [6.07, 6.45) is 1.62. The van der Waals surface area contributed by atoms with Crippen molar-refractivity contribution in [3.63, 3.8) is 0 Å². The van der Waals surface area contributed by atoms with E-state index in [1.54, 1.807) is 19.2 Å². The normalized spacial score (nSPS) is 10.7. The van der Waals surface area contributed by atoms with Gasteiger partial charge in [0.25, 0.3) is 5.56 Å². The largest absolute Gasteiger partial charge is 0.397 e. The first-order valence-electron chi connectivity index (χ1n) is 5.80. The van der Waals surface area contributed by atoms with Gasteiger partial charge in [0.2, 0.25) is 0 Å². The van der Waals surface area contributed by atoms with Gasteiger partial charge in [-0.2, -0.15) is 0 Å². The summed E-state index contributed by atoms with van der Waals surface area (Å²) in [6, 6.07) is 4.52. The molecule has 0 amide bonds. The highest BCUT2D eigenvalue weighted by molar-refractivity contribution is 9.10. The maximum absolute atomic E-state index is 13.1. The van der Waals surface area contributed by atoms with Crippen molar-refractivity contribution in [1.29, 1.82) is 0 Å². The first-order chi connectivity index (χ1) is 8.90. The van der Waals surface area contributed by atoms with Gasteiger partial charge in [-0.3, -0.25) is 4.79 Å². The van der Waals surface area contributed by atoms with Crippen LogP contribution in [-0.4, -0.2) is 4.57 Å². The lowest BCUT2D eigenvalue weighted by atomic mass is 10.1. The summed E-state index contributed by atoms with van der Waals surface area (Å²) < 4.78 is 15.0. The zero-order valence-corrected chi connectivity index (χ0v) is 12.3. The van der Waals surface area contributed by atoms with Crippen LogP contribution in [0.2, 0.25) is 0 Å². The molecule has 0 bridgehead atoms. The van der Waals surface area contributed by atoms with Crippen LogP contribution in [0, 0.1) is 19.7 Å². The van der Waals surface area contributed by atoms with Crippen molar-refractivity contribution in [2.24, 2.45) is 0 Å². The maximum Gasteiger partial charge on any atom is 0.265 e. The second-order valence-electron chi connectivity index (χ2n) is 4.53. The number of halogens is 2. The first kappa shape index (κ1) is 13.8. The highest BCUT2D eigenvalue weighted by Gasteiger charge is 2.09. The minimum Gasteiger partial charge on any atom is -0.397 e. The Labute approximate surface area is 119 Å². The Bertz CT molecular complexity index is 695. The number of benzene rings is 1. The average Bonchev–Trinajstić information content (AvgIpc) is 2.36. The van der Waals surface area contributed by atoms with Crippen molar-refractivity contribution in [2.45, 2.75) is 20.4 Å². The van der Waals surface area contributed by atoms with Gasteiger partial charge in [0, 0.05) is 6.20 Å². The Morgan fingerprint density at radius 2 is 2.05 bits per heavy atom. The van der Waals surface area contributed by atoms with Gasteiger partial charge >= 0.3 is 0 Å². The predicted molar refractivity (Wildman–Crippen MR) is 77.8 cm³/mol. The Morgan fingerprint density at radius 3 is 2.68 bits per heavy atom. The summed E-state index contributed by atoms with van der Waals surface area (Å²) in [7, 11) is 0. The van der Waals surface area contributed by atoms with E-state index in [9.17, 15) is 9.18 Å². The van der Waals surface area contributed by atoms with Crippen LogP contribution in [0.4, 0.5) is 10.1 Å². The number of anilines is 1. The number of nitrogen functional groups attached to an aromatic ring is 1. The Hall–Kier alpha value is -1.62. The molecule has 0 aliphatic heterocycles. The van der Waals surface area contributed by atoms with E-state index in [2.05, 4.69) is 15.9 Å². The summed E-state index contributed by atoms with van der Waals surface area (Å²) in [5.41, 5.74) is 8.69. The SMILES string of the molecule is Cc1cc(F)ccc1Cn1cc(N)c(C)c(Br)c1=O. The molecule has 0 fully saturated rings. The van der Waals surface area contributed by atoms with E-state index >= 15 is 0 Å². The Balaban J connectivity index is 2.47. The monoisotopic (exact) mass is 324 g/mol. The van der Waals surface area contributed by atoms with E-state index in [4.69, 9.17) is 5.73 Å². The summed E-state index contributed by atoms with van der Waals surface area (Å²) in [5.74, 6) is -0.279. The standard InChI is InChI=1S/C14H14BrFN2O/c1-8-5-11(16)4-3-10(8)6-18-7-12(17)9(2)13(15)14(18)19/h3-5,7H,6,17H2,1-2H3. The third-order valence-corrected chi connectivity index (χ3v) is 4.09. The van der Waals surface area contributed by atoms with Gasteiger partial charge in [-0.25, -0.2) is 4.39 Å². The average molecular weight is 325 g/mol. The van der Waals surface area contributed by atoms with Gasteiger partial charge in [-0.15, -0.1) is 0 Å². The third-order valence-electron chi connectivity index (χ3n) is 3.15. The van der Waals surface area contributed by atoms with Crippen molar-refractivity contribution < 1.29 is 4.39 Å². The van der Waals surface area contributed by atoms with Gasteiger partial charge in [-0.1, -0.05) is 6.07 Å². The van der Waals surface area contributed by atoms with Crippen LogP contribution in [0.15, 0.2) is 33.7 Å². The molecule has 1 aromatic heterocycles. The molecule has 0 atom stereocenters. The van der Waals surface area contributed by atoms with Crippen molar-refractivity contribution >= 4 is 21.6 Å². The fraction of sp³-hybridized carbons (Fsp3) is 0.214. The minimum atomic E-state index is -0.279. The smallest absolute Gasteiger partial charge is 0.265 e. The lowest BCUT2D eigenvalue weighted by Crippen LogP contribution is -2.23. The Kier molecular flexibility index (Phi) is 3.75. The molecule has 0 saturated carbocycles. The zero-order chi connectivity index (χ0) is 14.2. The van der Waals surface area contributed by atoms with Crippen molar-refractivity contribution in [2.75, 3.05) is 5.73 Å². The molecule has 2 N–H and O–H groups in total. The van der Waals surface area contributed by atoms with Gasteiger partial charge in [0.15, 0.2) is 0 Å². The summed E-state index contributed by atoms with van der Waals surface area (Å²) >= 11 is 3.25. The third kappa shape index (κ3) is 2.71. The van der Waals surface area contributed by atoms with Crippen LogP contribution in [0.25, 0.3) is 0 Å². The van der Waals surface area contributed by atoms with E-state index < -0.39 is 0 Å². The van der Waals surface area contributed by atoms with Crippen molar-refractivity contribution in [3.05, 3.63) is 61.7 Å². The molecule has 19 heavy (non-hydrogen) atoms. The summed E-state index contributed by atoms with van der Waals surface area (Å²) in [5, 5.41) is 0. The van der Waals surface area contributed by atoms with Gasteiger partial charge in [-0.05, 0) is 58.6 Å². The quantitative estimate of drug-likeness (QED) is 0.923. The predicted octanol–water partition coefficient (Wildman–Crippen LogP) is 3.00. The fourth-order valence-corrected chi connectivity index (χ4v) is 2.33. The molecule has 0 radical (unpaired) electrons. The number of nitrogens with two attached hydrogens (primary N) is 1. The van der Waals surface area contributed by atoms with E-state index in [0.29, 0.717) is 16.7 Å². The van der Waals surface area contributed by atoms with E-state index in [1.807, 2.05) is 6.92 Å². The second-order valence-corrected chi connectivity index (χ2v) is 5.32. The molecule has 2 rings (SSSR count). The molecule has 1 aromatic carbocycles. The molecule has 1 heterocycles. The van der Waals surface area contributed by atoms with Crippen LogP contribution in [-0.2, 0) is 6.54 Å². The second kappa shape index (κ2) is 5.17. The number of hydrogen-bond acceptors (Lipinski definition) is 2. The molecular weight excluding hydrogens is 311 g/mol. The number of nitrogens with zero attached hydrogens (tertiary/aromatic N) is 1. The van der Waals surface area contributed by atoms with Crippen LogP contribution >= 0.6 is 15.9 Å².